The molecule has 2 aliphatic rings. The SMILES string of the molecule is O=C(SSc1ccc(SSC(=O)SN2CCCCC2)cc1)SN1CCCCC1. The van der Waals surface area contributed by atoms with Crippen molar-refractivity contribution in [3.05, 3.63) is 24.3 Å². The van der Waals surface area contributed by atoms with Gasteiger partial charge in [-0.2, -0.15) is 0 Å². The Morgan fingerprint density at radius 3 is 1.32 bits per heavy atom. The van der Waals surface area contributed by atoms with Crippen molar-refractivity contribution in [3.63, 3.8) is 0 Å². The van der Waals surface area contributed by atoms with Crippen molar-refractivity contribution in [2.75, 3.05) is 26.2 Å². The normalized spacial score (nSPS) is 18.9. The number of hydrogen-bond donors (Lipinski definition) is 0. The lowest BCUT2D eigenvalue weighted by atomic mass is 10.2. The van der Waals surface area contributed by atoms with Crippen LogP contribution >= 0.6 is 67.1 Å². The Balaban J connectivity index is 1.33. The van der Waals surface area contributed by atoms with E-state index in [1.54, 1.807) is 0 Å². The van der Waals surface area contributed by atoms with Gasteiger partial charge in [-0.25, -0.2) is 8.61 Å². The Kier molecular flexibility index (Phi) is 10.9. The summed E-state index contributed by atoms with van der Waals surface area (Å²) in [5.74, 6) is 0. The summed E-state index contributed by atoms with van der Waals surface area (Å²) >= 11 is 2.71. The van der Waals surface area contributed by atoms with E-state index in [9.17, 15) is 9.59 Å². The number of piperidine rings is 2. The molecule has 0 bridgehead atoms. The van der Waals surface area contributed by atoms with Gasteiger partial charge in [-0.15, -0.1) is 0 Å². The fourth-order valence-electron chi connectivity index (χ4n) is 2.87. The maximum Gasteiger partial charge on any atom is 0.271 e. The highest BCUT2D eigenvalue weighted by atomic mass is 33.1. The van der Waals surface area contributed by atoms with Crippen LogP contribution in [0.1, 0.15) is 38.5 Å². The lowest BCUT2D eigenvalue weighted by molar-refractivity contribution is 0.274. The molecule has 10 heteroatoms. The van der Waals surface area contributed by atoms with Crippen LogP contribution in [0.15, 0.2) is 34.1 Å². The molecule has 3 rings (SSSR count). The number of carbonyl (C=O) groups excluding carboxylic acids is 2. The molecule has 2 saturated heterocycles. The fourth-order valence-corrected chi connectivity index (χ4v) is 8.68. The predicted molar refractivity (Wildman–Crippen MR) is 130 cm³/mol. The zero-order valence-electron chi connectivity index (χ0n) is 15.5. The Hall–Kier alpha value is 0.580. The van der Waals surface area contributed by atoms with E-state index < -0.39 is 0 Å². The van der Waals surface area contributed by atoms with Gasteiger partial charge in [-0.1, -0.05) is 12.8 Å². The van der Waals surface area contributed by atoms with Gasteiger partial charge in [0.15, 0.2) is 0 Å². The van der Waals surface area contributed by atoms with Crippen LogP contribution < -0.4 is 0 Å². The maximum absolute atomic E-state index is 12.1. The summed E-state index contributed by atoms with van der Waals surface area (Å²) in [5, 5.41) is 0. The Morgan fingerprint density at radius 1 is 0.607 bits per heavy atom. The summed E-state index contributed by atoms with van der Waals surface area (Å²) in [6.45, 7) is 4.06. The van der Waals surface area contributed by atoms with Crippen LogP contribution in [0.5, 0.6) is 0 Å². The topological polar surface area (TPSA) is 40.6 Å². The van der Waals surface area contributed by atoms with Crippen LogP contribution in [-0.2, 0) is 0 Å². The molecule has 2 aliphatic heterocycles. The van der Waals surface area contributed by atoms with Crippen LogP contribution in [0.2, 0.25) is 0 Å². The molecule has 154 valence electrons. The van der Waals surface area contributed by atoms with Gasteiger partial charge in [0, 0.05) is 59.9 Å². The quantitative estimate of drug-likeness (QED) is 0.292. The molecule has 0 aliphatic carbocycles. The second kappa shape index (κ2) is 13.1. The summed E-state index contributed by atoms with van der Waals surface area (Å²) in [5.41, 5.74) is 0. The van der Waals surface area contributed by atoms with Crippen LogP contribution in [0.4, 0.5) is 9.59 Å². The van der Waals surface area contributed by atoms with Gasteiger partial charge in [0.1, 0.15) is 0 Å². The van der Waals surface area contributed by atoms with Crippen LogP contribution in [0.3, 0.4) is 0 Å². The number of benzene rings is 1. The van der Waals surface area contributed by atoms with Gasteiger partial charge in [-0.05, 0) is 93.1 Å². The molecule has 2 fully saturated rings. The van der Waals surface area contributed by atoms with Crippen molar-refractivity contribution in [2.24, 2.45) is 0 Å². The first-order chi connectivity index (χ1) is 13.7. The van der Waals surface area contributed by atoms with E-state index in [1.807, 2.05) is 24.3 Å². The summed E-state index contributed by atoms with van der Waals surface area (Å²) in [6.07, 6.45) is 7.31. The highest BCUT2D eigenvalue weighted by Crippen LogP contribution is 2.40. The summed E-state index contributed by atoms with van der Waals surface area (Å²) < 4.78 is 4.63. The van der Waals surface area contributed by atoms with E-state index in [0.717, 1.165) is 36.0 Å². The Labute approximate surface area is 191 Å². The minimum absolute atomic E-state index is 0.140. The third-order valence-corrected chi connectivity index (χ3v) is 11.3. The van der Waals surface area contributed by atoms with Gasteiger partial charge >= 0.3 is 0 Å². The van der Waals surface area contributed by atoms with Crippen LogP contribution in [0, 0.1) is 0 Å². The van der Waals surface area contributed by atoms with Crippen molar-refractivity contribution < 1.29 is 9.59 Å². The monoisotopic (exact) mass is 492 g/mol. The predicted octanol–water partition coefficient (Wildman–Crippen LogP) is 7.68. The fraction of sp³-hybridized carbons (Fsp3) is 0.556. The molecular formula is C18H24N2O2S6. The number of carbonyl (C=O) groups is 2. The molecule has 0 atom stereocenters. The molecule has 0 aromatic heterocycles. The average molecular weight is 493 g/mol. The third-order valence-electron chi connectivity index (χ3n) is 4.27. The maximum atomic E-state index is 12.1. The molecule has 0 spiro atoms. The molecule has 4 nitrogen and oxygen atoms in total. The van der Waals surface area contributed by atoms with Crippen molar-refractivity contribution in [2.45, 2.75) is 48.3 Å². The van der Waals surface area contributed by atoms with Crippen molar-refractivity contribution in [1.82, 2.24) is 8.61 Å². The molecule has 0 unspecified atom stereocenters. The van der Waals surface area contributed by atoms with E-state index in [2.05, 4.69) is 8.61 Å². The number of hydrogen-bond acceptors (Lipinski definition) is 10. The molecule has 2 heterocycles. The van der Waals surface area contributed by atoms with E-state index in [-0.39, 0.29) is 8.89 Å². The largest absolute Gasteiger partial charge is 0.272 e. The standard InChI is InChI=1S/C18H24N2O2S6/c21-17(23-19-11-3-1-4-12-19)27-25-15-7-9-16(10-8-15)26-28-18(22)24-20-13-5-2-6-14-20/h7-10H,1-6,11-14H2. The zero-order valence-corrected chi connectivity index (χ0v) is 20.4. The minimum atomic E-state index is 0.140. The molecular weight excluding hydrogens is 469 g/mol. The second-order valence-corrected chi connectivity index (χ2v) is 13.5. The summed E-state index contributed by atoms with van der Waals surface area (Å²) in [6, 6.07) is 8.06. The van der Waals surface area contributed by atoms with E-state index in [0.29, 0.717) is 0 Å². The van der Waals surface area contributed by atoms with Crippen LogP contribution in [-0.4, -0.2) is 43.7 Å². The van der Waals surface area contributed by atoms with Crippen LogP contribution in [0.25, 0.3) is 0 Å². The molecule has 0 N–H and O–H groups in total. The highest BCUT2D eigenvalue weighted by molar-refractivity contribution is 8.86. The molecule has 0 saturated carbocycles. The van der Waals surface area contributed by atoms with Gasteiger partial charge < -0.3 is 0 Å². The van der Waals surface area contributed by atoms with E-state index >= 15 is 0 Å². The third kappa shape index (κ3) is 8.75. The number of nitrogens with zero attached hydrogens (tertiary/aromatic N) is 2. The lowest BCUT2D eigenvalue weighted by Gasteiger charge is -2.23. The molecule has 0 amide bonds. The van der Waals surface area contributed by atoms with Gasteiger partial charge in [0.05, 0.1) is 0 Å². The molecule has 1 aromatic carbocycles. The first-order valence-electron chi connectivity index (χ1n) is 9.42. The summed E-state index contributed by atoms with van der Waals surface area (Å²) in [4.78, 5) is 26.3. The zero-order chi connectivity index (χ0) is 19.6. The molecule has 0 radical (unpaired) electrons. The van der Waals surface area contributed by atoms with Gasteiger partial charge in [-0.3, -0.25) is 9.59 Å². The van der Waals surface area contributed by atoms with Gasteiger partial charge in [0.25, 0.3) is 8.89 Å². The van der Waals surface area contributed by atoms with Gasteiger partial charge in [0.2, 0.25) is 0 Å². The Morgan fingerprint density at radius 2 is 0.964 bits per heavy atom. The van der Waals surface area contributed by atoms with E-state index in [1.165, 1.54) is 106 Å². The molecule has 28 heavy (non-hydrogen) atoms. The average Bonchev–Trinajstić information content (AvgIpc) is 2.73. The summed E-state index contributed by atoms with van der Waals surface area (Å²) in [7, 11) is 5.58. The second-order valence-electron chi connectivity index (χ2n) is 6.47. The lowest BCUT2D eigenvalue weighted by Crippen LogP contribution is -2.23. The highest BCUT2D eigenvalue weighted by Gasteiger charge is 2.17. The molecule has 1 aromatic rings. The number of rotatable bonds is 6. The first-order valence-corrected chi connectivity index (χ1v) is 15.3. The Bertz CT molecular complexity index is 578. The minimum Gasteiger partial charge on any atom is -0.272 e. The first kappa shape index (κ1) is 23.2. The van der Waals surface area contributed by atoms with Crippen molar-refractivity contribution >= 4 is 76.0 Å². The van der Waals surface area contributed by atoms with Crippen molar-refractivity contribution in [3.8, 4) is 0 Å². The smallest absolute Gasteiger partial charge is 0.271 e. The van der Waals surface area contributed by atoms with Crippen molar-refractivity contribution in [1.29, 1.82) is 0 Å². The van der Waals surface area contributed by atoms with E-state index in [4.69, 9.17) is 0 Å².